The number of halogens is 2. The van der Waals surface area contributed by atoms with E-state index in [4.69, 9.17) is 4.74 Å². The Labute approximate surface area is 123 Å². The predicted octanol–water partition coefficient (Wildman–Crippen LogP) is 1.13. The molecule has 0 aliphatic carbocycles. The average Bonchev–Trinajstić information content (AvgIpc) is 2.84. The van der Waals surface area contributed by atoms with E-state index in [2.05, 4.69) is 0 Å². The van der Waals surface area contributed by atoms with Crippen molar-refractivity contribution >= 4 is 11.9 Å². The van der Waals surface area contributed by atoms with Crippen LogP contribution in [0.4, 0.5) is 8.78 Å². The van der Waals surface area contributed by atoms with Crippen molar-refractivity contribution in [2.45, 2.75) is 44.7 Å². The molecular weight excluding hydrogens is 282 g/mol. The molecule has 0 radical (unpaired) electrons. The summed E-state index contributed by atoms with van der Waals surface area (Å²) in [5.74, 6) is -0.910. The van der Waals surface area contributed by atoms with Crippen LogP contribution in [0.1, 0.15) is 26.2 Å². The lowest BCUT2D eigenvalue weighted by atomic mass is 10.0. The van der Waals surface area contributed by atoms with Gasteiger partial charge in [0.2, 0.25) is 5.91 Å². The summed E-state index contributed by atoms with van der Waals surface area (Å²) < 4.78 is 29.9. The van der Waals surface area contributed by atoms with E-state index in [-0.39, 0.29) is 24.5 Å². The molecule has 2 fully saturated rings. The maximum atomic E-state index is 12.6. The number of alkyl halides is 2. The summed E-state index contributed by atoms with van der Waals surface area (Å²) in [5, 5.41) is 0. The summed E-state index contributed by atoms with van der Waals surface area (Å²) >= 11 is 0. The lowest BCUT2D eigenvalue weighted by molar-refractivity contribution is -0.154. The van der Waals surface area contributed by atoms with Crippen molar-refractivity contribution in [3.8, 4) is 0 Å². The first-order valence-corrected chi connectivity index (χ1v) is 7.34. The average molecular weight is 304 g/mol. The number of methoxy groups -OCH3 is 1. The Kier molecular flexibility index (Phi) is 5.13. The second-order valence-electron chi connectivity index (χ2n) is 5.86. The highest BCUT2D eigenvalue weighted by atomic mass is 19.3. The lowest BCUT2D eigenvalue weighted by Gasteiger charge is -2.37. The molecule has 120 valence electrons. The van der Waals surface area contributed by atoms with Crippen molar-refractivity contribution in [3.05, 3.63) is 0 Å². The lowest BCUT2D eigenvalue weighted by Crippen LogP contribution is -2.52. The summed E-state index contributed by atoms with van der Waals surface area (Å²) in [4.78, 5) is 27.6. The first kappa shape index (κ1) is 16.1. The third-order valence-corrected chi connectivity index (χ3v) is 4.36. The van der Waals surface area contributed by atoms with Gasteiger partial charge in [-0.25, -0.2) is 13.6 Å². The van der Waals surface area contributed by atoms with Gasteiger partial charge in [-0.3, -0.25) is 9.69 Å². The highest BCUT2D eigenvalue weighted by Crippen LogP contribution is 2.31. The molecule has 2 aliphatic heterocycles. The molecule has 2 heterocycles. The Morgan fingerprint density at radius 2 is 2.10 bits per heavy atom. The van der Waals surface area contributed by atoms with Crippen LogP contribution in [0.25, 0.3) is 0 Å². The predicted molar refractivity (Wildman–Crippen MR) is 71.9 cm³/mol. The van der Waals surface area contributed by atoms with Crippen molar-refractivity contribution in [1.82, 2.24) is 9.80 Å². The van der Waals surface area contributed by atoms with Crippen LogP contribution in [0.15, 0.2) is 0 Å². The van der Waals surface area contributed by atoms with Gasteiger partial charge in [0.05, 0.1) is 13.7 Å². The van der Waals surface area contributed by atoms with E-state index < -0.39 is 18.4 Å². The van der Waals surface area contributed by atoms with Gasteiger partial charge in [-0.15, -0.1) is 0 Å². The summed E-state index contributed by atoms with van der Waals surface area (Å²) in [6, 6.07) is -0.568. The monoisotopic (exact) mass is 304 g/mol. The maximum Gasteiger partial charge on any atom is 0.328 e. The van der Waals surface area contributed by atoms with Crippen molar-refractivity contribution in [2.24, 2.45) is 5.92 Å². The number of carbonyl (C=O) groups excluding carboxylic acids is 2. The number of nitrogens with zero attached hydrogens (tertiary/aromatic N) is 2. The molecule has 0 saturated carbocycles. The highest BCUT2D eigenvalue weighted by Gasteiger charge is 2.44. The normalized spacial score (nSPS) is 31.0. The quantitative estimate of drug-likeness (QED) is 0.733. The molecule has 7 heteroatoms. The number of hydrogen-bond donors (Lipinski definition) is 0. The van der Waals surface area contributed by atoms with Crippen LogP contribution in [-0.4, -0.2) is 66.9 Å². The van der Waals surface area contributed by atoms with Crippen LogP contribution in [-0.2, 0) is 14.3 Å². The SMILES string of the molecule is COC(=O)[C@@H]1CC[C@@H]2CCN(CC(F)F)C[C@H](C)C(=O)N21. The zero-order valence-electron chi connectivity index (χ0n) is 12.4. The Bertz CT molecular complexity index is 406. The molecule has 0 spiro atoms. The molecular formula is C14H22F2N2O3. The van der Waals surface area contributed by atoms with Gasteiger partial charge >= 0.3 is 5.97 Å². The second-order valence-corrected chi connectivity index (χ2v) is 5.86. The van der Waals surface area contributed by atoms with Gasteiger partial charge in [0.1, 0.15) is 6.04 Å². The number of carbonyl (C=O) groups is 2. The van der Waals surface area contributed by atoms with Crippen LogP contribution < -0.4 is 0 Å². The first-order chi connectivity index (χ1) is 9.93. The molecule has 2 rings (SSSR count). The number of rotatable bonds is 3. The van der Waals surface area contributed by atoms with Crippen LogP contribution in [0.2, 0.25) is 0 Å². The molecule has 3 atom stereocenters. The van der Waals surface area contributed by atoms with E-state index in [1.54, 1.807) is 16.7 Å². The minimum Gasteiger partial charge on any atom is -0.467 e. The van der Waals surface area contributed by atoms with Gasteiger partial charge in [-0.05, 0) is 19.3 Å². The van der Waals surface area contributed by atoms with Crippen LogP contribution in [0.3, 0.4) is 0 Å². The van der Waals surface area contributed by atoms with E-state index in [0.29, 0.717) is 25.9 Å². The molecule has 0 aromatic carbocycles. The van der Waals surface area contributed by atoms with Crippen molar-refractivity contribution in [1.29, 1.82) is 0 Å². The molecule has 5 nitrogen and oxygen atoms in total. The Hall–Kier alpha value is -1.24. The zero-order chi connectivity index (χ0) is 15.6. The summed E-state index contributed by atoms with van der Waals surface area (Å²) in [5.41, 5.74) is 0. The summed E-state index contributed by atoms with van der Waals surface area (Å²) in [6.07, 6.45) is -0.460. The molecule has 0 aromatic heterocycles. The van der Waals surface area contributed by atoms with E-state index >= 15 is 0 Å². The fourth-order valence-electron chi connectivity index (χ4n) is 3.37. The van der Waals surface area contributed by atoms with E-state index in [9.17, 15) is 18.4 Å². The standard InChI is InChI=1S/C14H22F2N2O3/c1-9-7-17(8-12(15)16)6-5-10-3-4-11(14(20)21-2)18(10)13(9)19/h9-12H,3-8H2,1-2H3/t9-,10+,11-/m0/s1. The Morgan fingerprint density at radius 3 is 2.71 bits per heavy atom. The van der Waals surface area contributed by atoms with Gasteiger partial charge in [-0.1, -0.05) is 6.92 Å². The largest absolute Gasteiger partial charge is 0.467 e. The molecule has 2 saturated heterocycles. The summed E-state index contributed by atoms with van der Waals surface area (Å²) in [6.45, 7) is 2.26. The van der Waals surface area contributed by atoms with Gasteiger partial charge < -0.3 is 9.64 Å². The topological polar surface area (TPSA) is 49.9 Å². The smallest absolute Gasteiger partial charge is 0.328 e. The molecule has 0 bridgehead atoms. The fraction of sp³-hybridized carbons (Fsp3) is 0.857. The number of ether oxygens (including phenoxy) is 1. The van der Waals surface area contributed by atoms with Crippen molar-refractivity contribution in [2.75, 3.05) is 26.7 Å². The first-order valence-electron chi connectivity index (χ1n) is 7.34. The van der Waals surface area contributed by atoms with E-state index in [0.717, 1.165) is 6.42 Å². The third kappa shape index (κ3) is 3.51. The second kappa shape index (κ2) is 6.68. The molecule has 0 N–H and O–H groups in total. The zero-order valence-corrected chi connectivity index (χ0v) is 12.4. The Morgan fingerprint density at radius 1 is 1.38 bits per heavy atom. The molecule has 2 aliphatic rings. The molecule has 21 heavy (non-hydrogen) atoms. The minimum atomic E-state index is -2.39. The number of amides is 1. The fourth-order valence-corrected chi connectivity index (χ4v) is 3.37. The van der Waals surface area contributed by atoms with Crippen LogP contribution >= 0.6 is 0 Å². The molecule has 0 aromatic rings. The van der Waals surface area contributed by atoms with Gasteiger partial charge in [-0.2, -0.15) is 0 Å². The third-order valence-electron chi connectivity index (χ3n) is 4.36. The minimum absolute atomic E-state index is 0.0514. The van der Waals surface area contributed by atoms with Gasteiger partial charge in [0, 0.05) is 25.0 Å². The molecule has 0 unspecified atom stereocenters. The van der Waals surface area contributed by atoms with E-state index in [1.807, 2.05) is 0 Å². The van der Waals surface area contributed by atoms with Gasteiger partial charge in [0.25, 0.3) is 6.43 Å². The molecule has 1 amide bonds. The van der Waals surface area contributed by atoms with Crippen LogP contribution in [0.5, 0.6) is 0 Å². The van der Waals surface area contributed by atoms with Crippen molar-refractivity contribution in [3.63, 3.8) is 0 Å². The number of fused-ring (bicyclic) bond motifs is 1. The number of esters is 1. The summed E-state index contributed by atoms with van der Waals surface area (Å²) in [7, 11) is 1.32. The van der Waals surface area contributed by atoms with Crippen LogP contribution in [0, 0.1) is 5.92 Å². The number of hydrogen-bond acceptors (Lipinski definition) is 4. The maximum absolute atomic E-state index is 12.6. The Balaban J connectivity index is 2.12. The van der Waals surface area contributed by atoms with E-state index in [1.165, 1.54) is 7.11 Å². The highest BCUT2D eigenvalue weighted by molar-refractivity contribution is 5.86. The van der Waals surface area contributed by atoms with Gasteiger partial charge in [0.15, 0.2) is 0 Å². The van der Waals surface area contributed by atoms with Crippen molar-refractivity contribution < 1.29 is 23.1 Å².